The average Bonchev–Trinajstić information content (AvgIpc) is 2.54. The summed E-state index contributed by atoms with van der Waals surface area (Å²) in [5.41, 5.74) is 5.04. The molecule has 7 nitrogen and oxygen atoms in total. The van der Waals surface area contributed by atoms with Gasteiger partial charge >= 0.3 is 6.18 Å². The molecule has 0 aromatic heterocycles. The second kappa shape index (κ2) is 7.68. The Labute approximate surface area is 143 Å². The van der Waals surface area contributed by atoms with Gasteiger partial charge in [0.15, 0.2) is 0 Å². The largest absolute Gasteiger partial charge is 0.405 e. The second-order valence-electron chi connectivity index (χ2n) is 5.59. The van der Waals surface area contributed by atoms with Crippen LogP contribution in [0.1, 0.15) is 10.4 Å². The van der Waals surface area contributed by atoms with Gasteiger partial charge in [-0.1, -0.05) is 6.07 Å². The Morgan fingerprint density at radius 2 is 1.96 bits per heavy atom. The predicted octanol–water partition coefficient (Wildman–Crippen LogP) is -0.100. The quantitative estimate of drug-likeness (QED) is 0.639. The highest BCUT2D eigenvalue weighted by Gasteiger charge is 2.44. The van der Waals surface area contributed by atoms with Crippen molar-refractivity contribution in [3.8, 4) is 0 Å². The molecular weight excluding hydrogens is 361 g/mol. The summed E-state index contributed by atoms with van der Waals surface area (Å²) >= 11 is 0. The zero-order chi connectivity index (χ0) is 18.7. The number of rotatable bonds is 6. The van der Waals surface area contributed by atoms with Crippen molar-refractivity contribution in [2.75, 3.05) is 32.7 Å². The number of piperazine rings is 1. The molecule has 1 aliphatic rings. The molecule has 0 aliphatic carbocycles. The summed E-state index contributed by atoms with van der Waals surface area (Å²) in [4.78, 5) is 12.0. The molecule has 1 amide bonds. The SMILES string of the molecule is NC(=O)c1cccc(S(=O)(=O)NCC(N2CCNCC2)C(F)(F)F)c1. The van der Waals surface area contributed by atoms with E-state index in [1.165, 1.54) is 23.1 Å². The third kappa shape index (κ3) is 5.14. The molecule has 1 fully saturated rings. The summed E-state index contributed by atoms with van der Waals surface area (Å²) in [5.74, 6) is -0.828. The van der Waals surface area contributed by atoms with E-state index in [1.807, 2.05) is 4.72 Å². The van der Waals surface area contributed by atoms with E-state index in [0.29, 0.717) is 13.1 Å². The van der Waals surface area contributed by atoms with E-state index < -0.39 is 34.7 Å². The summed E-state index contributed by atoms with van der Waals surface area (Å²) < 4.78 is 66.4. The first-order valence-corrected chi connectivity index (χ1v) is 9.00. The van der Waals surface area contributed by atoms with Crippen molar-refractivity contribution in [1.29, 1.82) is 0 Å². The van der Waals surface area contributed by atoms with Crippen LogP contribution in [0.4, 0.5) is 13.2 Å². The van der Waals surface area contributed by atoms with Crippen LogP contribution in [0.15, 0.2) is 29.2 Å². The van der Waals surface area contributed by atoms with Crippen molar-refractivity contribution >= 4 is 15.9 Å². The number of nitrogens with one attached hydrogen (secondary N) is 2. The number of hydrogen-bond acceptors (Lipinski definition) is 5. The van der Waals surface area contributed by atoms with Crippen molar-refractivity contribution in [3.05, 3.63) is 29.8 Å². The number of nitrogens with zero attached hydrogens (tertiary/aromatic N) is 1. The Kier molecular flexibility index (Phi) is 6.03. The van der Waals surface area contributed by atoms with Crippen LogP contribution >= 0.6 is 0 Å². The molecule has 11 heteroatoms. The van der Waals surface area contributed by atoms with Crippen LogP contribution in [0, 0.1) is 0 Å². The number of amides is 1. The zero-order valence-electron chi connectivity index (χ0n) is 13.2. The third-order valence-electron chi connectivity index (χ3n) is 3.87. The first-order valence-electron chi connectivity index (χ1n) is 7.52. The van der Waals surface area contributed by atoms with E-state index in [0.717, 1.165) is 6.07 Å². The summed E-state index contributed by atoms with van der Waals surface area (Å²) in [6, 6.07) is 2.90. The topological polar surface area (TPSA) is 105 Å². The lowest BCUT2D eigenvalue weighted by Crippen LogP contribution is -2.57. The van der Waals surface area contributed by atoms with Gasteiger partial charge in [-0.2, -0.15) is 13.2 Å². The Bertz CT molecular complexity index is 718. The minimum Gasteiger partial charge on any atom is -0.366 e. The molecule has 1 aromatic carbocycles. The second-order valence-corrected chi connectivity index (χ2v) is 7.35. The van der Waals surface area contributed by atoms with Gasteiger partial charge in [0, 0.05) is 38.3 Å². The van der Waals surface area contributed by atoms with E-state index in [9.17, 15) is 26.4 Å². The molecule has 1 aliphatic heterocycles. The minimum absolute atomic E-state index is 0.0441. The number of alkyl halides is 3. The lowest BCUT2D eigenvalue weighted by molar-refractivity contribution is -0.182. The average molecular weight is 380 g/mol. The van der Waals surface area contributed by atoms with Crippen LogP contribution in [0.3, 0.4) is 0 Å². The van der Waals surface area contributed by atoms with Crippen LogP contribution in [-0.2, 0) is 10.0 Å². The van der Waals surface area contributed by atoms with Gasteiger partial charge in [-0.3, -0.25) is 9.69 Å². The number of carbonyl (C=O) groups is 1. The number of carbonyl (C=O) groups excluding carboxylic acids is 1. The summed E-state index contributed by atoms with van der Waals surface area (Å²) in [5, 5.41) is 2.94. The maximum Gasteiger partial charge on any atom is 0.405 e. The fourth-order valence-electron chi connectivity index (χ4n) is 2.53. The number of halogens is 3. The van der Waals surface area contributed by atoms with Gasteiger partial charge in [0.1, 0.15) is 6.04 Å². The first-order chi connectivity index (χ1) is 11.6. The van der Waals surface area contributed by atoms with Gasteiger partial charge in [0.05, 0.1) is 4.90 Å². The summed E-state index contributed by atoms with van der Waals surface area (Å²) in [6.45, 7) is 0.332. The molecule has 1 saturated heterocycles. The van der Waals surface area contributed by atoms with Crippen molar-refractivity contribution in [3.63, 3.8) is 0 Å². The molecule has 0 saturated carbocycles. The number of primary amides is 1. The van der Waals surface area contributed by atoms with E-state index in [-0.39, 0.29) is 23.5 Å². The summed E-state index contributed by atoms with van der Waals surface area (Å²) in [7, 11) is -4.21. The lowest BCUT2D eigenvalue weighted by atomic mass is 10.2. The number of sulfonamides is 1. The van der Waals surface area contributed by atoms with Gasteiger partial charge in [-0.15, -0.1) is 0 Å². The normalized spacial score (nSPS) is 18.0. The fourth-order valence-corrected chi connectivity index (χ4v) is 3.62. The lowest BCUT2D eigenvalue weighted by Gasteiger charge is -2.35. The highest BCUT2D eigenvalue weighted by atomic mass is 32.2. The van der Waals surface area contributed by atoms with E-state index in [2.05, 4.69) is 5.32 Å². The molecule has 4 N–H and O–H groups in total. The Hall–Kier alpha value is -1.69. The smallest absolute Gasteiger partial charge is 0.366 e. The van der Waals surface area contributed by atoms with Crippen LogP contribution in [0.5, 0.6) is 0 Å². The Balaban J connectivity index is 2.15. The molecule has 1 atom stereocenters. The molecule has 0 bridgehead atoms. The van der Waals surface area contributed by atoms with Gasteiger partial charge in [0.25, 0.3) is 0 Å². The molecular formula is C14H19F3N4O3S. The molecule has 25 heavy (non-hydrogen) atoms. The van der Waals surface area contributed by atoms with Gasteiger partial charge in [-0.25, -0.2) is 13.1 Å². The van der Waals surface area contributed by atoms with Crippen LogP contribution in [-0.4, -0.2) is 64.2 Å². The molecule has 1 unspecified atom stereocenters. The van der Waals surface area contributed by atoms with Crippen LogP contribution < -0.4 is 15.8 Å². The van der Waals surface area contributed by atoms with Gasteiger partial charge in [-0.05, 0) is 18.2 Å². The Morgan fingerprint density at radius 1 is 1.32 bits per heavy atom. The molecule has 0 radical (unpaired) electrons. The first kappa shape index (κ1) is 19.6. The number of nitrogens with two attached hydrogens (primary N) is 1. The zero-order valence-corrected chi connectivity index (χ0v) is 14.0. The van der Waals surface area contributed by atoms with Crippen molar-refractivity contribution in [2.45, 2.75) is 17.1 Å². The van der Waals surface area contributed by atoms with E-state index in [1.54, 1.807) is 0 Å². The fraction of sp³-hybridized carbons (Fsp3) is 0.500. The Morgan fingerprint density at radius 3 is 2.52 bits per heavy atom. The molecule has 1 aromatic rings. The van der Waals surface area contributed by atoms with E-state index >= 15 is 0 Å². The standard InChI is InChI=1S/C14H19F3N4O3S/c15-14(16,17)12(21-6-4-19-5-7-21)9-20-25(23,24)11-3-1-2-10(8-11)13(18)22/h1-3,8,12,19-20H,4-7,9H2,(H2,18,22). The minimum atomic E-state index is -4.57. The highest BCUT2D eigenvalue weighted by molar-refractivity contribution is 7.89. The molecule has 140 valence electrons. The third-order valence-corrected chi connectivity index (χ3v) is 5.29. The molecule has 1 heterocycles. The molecule has 0 spiro atoms. The van der Waals surface area contributed by atoms with Crippen LogP contribution in [0.2, 0.25) is 0 Å². The number of hydrogen-bond donors (Lipinski definition) is 3. The number of benzene rings is 1. The highest BCUT2D eigenvalue weighted by Crippen LogP contribution is 2.25. The summed E-state index contributed by atoms with van der Waals surface area (Å²) in [6.07, 6.45) is -4.57. The van der Waals surface area contributed by atoms with Gasteiger partial charge < -0.3 is 11.1 Å². The predicted molar refractivity (Wildman–Crippen MR) is 84.4 cm³/mol. The van der Waals surface area contributed by atoms with Crippen molar-refractivity contribution in [2.24, 2.45) is 5.73 Å². The molecule has 2 rings (SSSR count). The van der Waals surface area contributed by atoms with Crippen molar-refractivity contribution < 1.29 is 26.4 Å². The monoisotopic (exact) mass is 380 g/mol. The van der Waals surface area contributed by atoms with E-state index in [4.69, 9.17) is 5.73 Å². The van der Waals surface area contributed by atoms with Crippen LogP contribution in [0.25, 0.3) is 0 Å². The van der Waals surface area contributed by atoms with Crippen molar-refractivity contribution in [1.82, 2.24) is 14.9 Å². The maximum absolute atomic E-state index is 13.3. The van der Waals surface area contributed by atoms with Gasteiger partial charge in [0.2, 0.25) is 15.9 Å². The maximum atomic E-state index is 13.3.